The molecular weight excluding hydrogens is 396 g/mol. The predicted molar refractivity (Wildman–Crippen MR) is 81.9 cm³/mol. The number of nitrogens with one attached hydrogen (secondary N) is 1. The number of phenolic OH excluding ortho intramolecular Hbond substituents is 1. The van der Waals surface area contributed by atoms with Gasteiger partial charge in [-0.05, 0) is 68.1 Å². The molecule has 0 spiro atoms. The van der Waals surface area contributed by atoms with Gasteiger partial charge in [-0.1, -0.05) is 0 Å². The van der Waals surface area contributed by atoms with Crippen LogP contribution in [0.4, 0.5) is 14.5 Å². The Hall–Kier alpha value is -1.14. The smallest absolute Gasteiger partial charge is 0.146 e. The van der Waals surface area contributed by atoms with Gasteiger partial charge in [-0.15, -0.1) is 0 Å². The number of phenols is 1. The van der Waals surface area contributed by atoms with Gasteiger partial charge >= 0.3 is 0 Å². The molecule has 2 rings (SSSR count). The SMILES string of the molecule is Cc1cc(F)c(NCc2cc(Br)c(O)c(Br)c2)cc1F. The molecule has 0 unspecified atom stereocenters. The first-order valence-corrected chi connectivity index (χ1v) is 7.33. The van der Waals surface area contributed by atoms with Crippen LogP contribution in [0, 0.1) is 18.6 Å². The third-order valence-corrected chi connectivity index (χ3v) is 4.02. The minimum absolute atomic E-state index is 0.0984. The Morgan fingerprint density at radius 1 is 1.05 bits per heavy atom. The summed E-state index contributed by atoms with van der Waals surface area (Å²) in [7, 11) is 0. The van der Waals surface area contributed by atoms with Gasteiger partial charge in [0.25, 0.3) is 0 Å². The molecule has 0 aliphatic carbocycles. The van der Waals surface area contributed by atoms with E-state index in [-0.39, 0.29) is 17.0 Å². The molecule has 20 heavy (non-hydrogen) atoms. The Labute approximate surface area is 132 Å². The fraction of sp³-hybridized carbons (Fsp3) is 0.143. The molecule has 0 atom stereocenters. The second kappa shape index (κ2) is 6.10. The van der Waals surface area contributed by atoms with Crippen LogP contribution in [0.5, 0.6) is 5.75 Å². The van der Waals surface area contributed by atoms with Crippen molar-refractivity contribution in [2.75, 3.05) is 5.32 Å². The summed E-state index contributed by atoms with van der Waals surface area (Å²) in [4.78, 5) is 0. The first-order valence-electron chi connectivity index (χ1n) is 5.75. The van der Waals surface area contributed by atoms with Gasteiger partial charge in [0.05, 0.1) is 14.6 Å². The van der Waals surface area contributed by atoms with Gasteiger partial charge in [-0.2, -0.15) is 0 Å². The zero-order valence-electron chi connectivity index (χ0n) is 10.5. The van der Waals surface area contributed by atoms with Crippen molar-refractivity contribution < 1.29 is 13.9 Å². The zero-order chi connectivity index (χ0) is 14.9. The molecule has 2 aromatic carbocycles. The van der Waals surface area contributed by atoms with Crippen molar-refractivity contribution in [3.05, 3.63) is 56.0 Å². The van der Waals surface area contributed by atoms with Gasteiger partial charge in [0.15, 0.2) is 0 Å². The standard InChI is InChI=1S/C14H11Br2F2NO/c1-7-2-12(18)13(5-11(7)17)19-6-8-3-9(15)14(20)10(16)4-8/h2-5,19-20H,6H2,1H3. The highest BCUT2D eigenvalue weighted by Gasteiger charge is 2.09. The summed E-state index contributed by atoms with van der Waals surface area (Å²) >= 11 is 6.43. The molecule has 2 nitrogen and oxygen atoms in total. The van der Waals surface area contributed by atoms with Crippen LogP contribution in [0.15, 0.2) is 33.2 Å². The molecule has 6 heteroatoms. The lowest BCUT2D eigenvalue weighted by molar-refractivity contribution is 0.468. The quantitative estimate of drug-likeness (QED) is 0.741. The first kappa shape index (κ1) is 15.3. The summed E-state index contributed by atoms with van der Waals surface area (Å²) in [6.07, 6.45) is 0. The van der Waals surface area contributed by atoms with Gasteiger partial charge in [-0.25, -0.2) is 8.78 Å². The lowest BCUT2D eigenvalue weighted by Gasteiger charge is -2.10. The van der Waals surface area contributed by atoms with Crippen LogP contribution in [0.2, 0.25) is 0 Å². The van der Waals surface area contributed by atoms with E-state index >= 15 is 0 Å². The number of rotatable bonds is 3. The molecule has 0 radical (unpaired) electrons. The molecule has 0 saturated heterocycles. The third kappa shape index (κ3) is 3.30. The highest BCUT2D eigenvalue weighted by Crippen LogP contribution is 2.33. The van der Waals surface area contributed by atoms with Gasteiger partial charge < -0.3 is 10.4 Å². The Morgan fingerprint density at radius 3 is 2.25 bits per heavy atom. The van der Waals surface area contributed by atoms with Crippen molar-refractivity contribution in [1.29, 1.82) is 0 Å². The van der Waals surface area contributed by atoms with Crippen molar-refractivity contribution in [2.24, 2.45) is 0 Å². The maximum absolute atomic E-state index is 13.7. The topological polar surface area (TPSA) is 32.3 Å². The van der Waals surface area contributed by atoms with Crippen LogP contribution in [0.1, 0.15) is 11.1 Å². The number of hydrogen-bond acceptors (Lipinski definition) is 2. The Balaban J connectivity index is 2.19. The largest absolute Gasteiger partial charge is 0.506 e. The van der Waals surface area contributed by atoms with Crippen LogP contribution in [-0.4, -0.2) is 5.11 Å². The van der Waals surface area contributed by atoms with E-state index < -0.39 is 11.6 Å². The van der Waals surface area contributed by atoms with E-state index in [0.717, 1.165) is 17.7 Å². The van der Waals surface area contributed by atoms with E-state index in [0.29, 0.717) is 15.5 Å². The second-order valence-electron chi connectivity index (χ2n) is 4.34. The number of benzene rings is 2. The van der Waals surface area contributed by atoms with E-state index in [9.17, 15) is 13.9 Å². The van der Waals surface area contributed by atoms with E-state index in [4.69, 9.17) is 0 Å². The maximum atomic E-state index is 13.7. The molecule has 0 aromatic heterocycles. The number of halogens is 4. The number of aryl methyl sites for hydroxylation is 1. The van der Waals surface area contributed by atoms with E-state index in [1.807, 2.05) is 0 Å². The van der Waals surface area contributed by atoms with Gasteiger partial charge in [0, 0.05) is 12.6 Å². The van der Waals surface area contributed by atoms with Crippen molar-refractivity contribution in [3.8, 4) is 5.75 Å². The molecule has 2 N–H and O–H groups in total. The van der Waals surface area contributed by atoms with Gasteiger partial charge in [-0.3, -0.25) is 0 Å². The predicted octanol–water partition coefficient (Wildman–Crippen LogP) is 5.12. The molecule has 106 valence electrons. The van der Waals surface area contributed by atoms with Crippen molar-refractivity contribution >= 4 is 37.5 Å². The number of anilines is 1. The molecule has 2 aromatic rings. The molecule has 0 saturated carbocycles. The average Bonchev–Trinajstić information content (AvgIpc) is 2.38. The summed E-state index contributed by atoms with van der Waals surface area (Å²) in [5.41, 5.74) is 1.18. The summed E-state index contributed by atoms with van der Waals surface area (Å²) in [6.45, 7) is 1.81. The minimum atomic E-state index is -0.499. The van der Waals surface area contributed by atoms with Gasteiger partial charge in [0.2, 0.25) is 0 Å². The normalized spacial score (nSPS) is 10.7. The molecular formula is C14H11Br2F2NO. The average molecular weight is 407 g/mol. The van der Waals surface area contributed by atoms with Crippen molar-refractivity contribution in [2.45, 2.75) is 13.5 Å². The monoisotopic (exact) mass is 405 g/mol. The third-order valence-electron chi connectivity index (χ3n) is 2.81. The Kier molecular flexibility index (Phi) is 4.65. The van der Waals surface area contributed by atoms with Crippen LogP contribution >= 0.6 is 31.9 Å². The molecule has 0 amide bonds. The highest BCUT2D eigenvalue weighted by atomic mass is 79.9. The number of aromatic hydroxyl groups is 1. The fourth-order valence-corrected chi connectivity index (χ4v) is 2.98. The van der Waals surface area contributed by atoms with Crippen molar-refractivity contribution in [3.63, 3.8) is 0 Å². The van der Waals surface area contributed by atoms with Crippen molar-refractivity contribution in [1.82, 2.24) is 0 Å². The zero-order valence-corrected chi connectivity index (χ0v) is 13.6. The van der Waals surface area contributed by atoms with Gasteiger partial charge in [0.1, 0.15) is 17.4 Å². The lowest BCUT2D eigenvalue weighted by atomic mass is 10.2. The lowest BCUT2D eigenvalue weighted by Crippen LogP contribution is -2.03. The number of hydrogen-bond donors (Lipinski definition) is 2. The molecule has 0 aliphatic heterocycles. The fourth-order valence-electron chi connectivity index (χ4n) is 1.70. The van der Waals surface area contributed by atoms with Crippen LogP contribution in [-0.2, 0) is 6.54 Å². The Bertz CT molecular complexity index is 639. The molecule has 0 bridgehead atoms. The molecule has 0 aliphatic rings. The van der Waals surface area contributed by atoms with E-state index in [1.54, 1.807) is 12.1 Å². The van der Waals surface area contributed by atoms with Crippen LogP contribution in [0.25, 0.3) is 0 Å². The van der Waals surface area contributed by atoms with Crippen LogP contribution in [0.3, 0.4) is 0 Å². The van der Waals surface area contributed by atoms with E-state index in [2.05, 4.69) is 37.2 Å². The summed E-state index contributed by atoms with van der Waals surface area (Å²) in [6, 6.07) is 5.70. The Morgan fingerprint density at radius 2 is 1.65 bits per heavy atom. The summed E-state index contributed by atoms with van der Waals surface area (Å²) < 4.78 is 28.1. The van der Waals surface area contributed by atoms with E-state index in [1.165, 1.54) is 6.92 Å². The highest BCUT2D eigenvalue weighted by molar-refractivity contribution is 9.11. The van der Waals surface area contributed by atoms with Crippen LogP contribution < -0.4 is 5.32 Å². The minimum Gasteiger partial charge on any atom is -0.506 e. The second-order valence-corrected chi connectivity index (χ2v) is 6.05. The molecule has 0 fully saturated rings. The first-order chi connectivity index (χ1) is 9.38. The summed E-state index contributed by atoms with van der Waals surface area (Å²) in [5.74, 6) is -0.857. The maximum Gasteiger partial charge on any atom is 0.146 e. The molecule has 0 heterocycles. The summed E-state index contributed by atoms with van der Waals surface area (Å²) in [5, 5.41) is 12.4.